The summed E-state index contributed by atoms with van der Waals surface area (Å²) in [7, 11) is 0. The Morgan fingerprint density at radius 2 is 1.79 bits per heavy atom. The van der Waals surface area contributed by atoms with E-state index in [0.29, 0.717) is 6.04 Å². The summed E-state index contributed by atoms with van der Waals surface area (Å²) < 4.78 is 0. The molecule has 0 bridgehead atoms. The first-order valence-corrected chi connectivity index (χ1v) is 6.54. The van der Waals surface area contributed by atoms with E-state index in [0.717, 1.165) is 17.1 Å². The molecule has 0 saturated carbocycles. The highest BCUT2D eigenvalue weighted by molar-refractivity contribution is 5.83. The van der Waals surface area contributed by atoms with Crippen molar-refractivity contribution in [2.24, 2.45) is 0 Å². The minimum atomic E-state index is 0.372. The molecule has 3 heteroatoms. The van der Waals surface area contributed by atoms with E-state index >= 15 is 0 Å². The van der Waals surface area contributed by atoms with Crippen LogP contribution in [0.2, 0.25) is 0 Å². The number of aryl methyl sites for hydroxylation is 1. The Labute approximate surface area is 114 Å². The molecule has 1 aromatic carbocycles. The third-order valence-corrected chi connectivity index (χ3v) is 3.23. The van der Waals surface area contributed by atoms with Crippen LogP contribution in [-0.2, 0) is 0 Å². The Hall–Kier alpha value is -2.03. The quantitative estimate of drug-likeness (QED) is 0.810. The summed E-state index contributed by atoms with van der Waals surface area (Å²) in [5, 5.41) is 0. The second-order valence-corrected chi connectivity index (χ2v) is 5.08. The maximum atomic E-state index is 4.49. The minimum absolute atomic E-state index is 0.372. The fraction of sp³-hybridized carbons (Fsp3) is 0.250. The highest BCUT2D eigenvalue weighted by atomic mass is 15.4. The van der Waals surface area contributed by atoms with Crippen LogP contribution in [0.15, 0.2) is 42.6 Å². The molecule has 0 amide bonds. The highest BCUT2D eigenvalue weighted by Crippen LogP contribution is 2.42. The van der Waals surface area contributed by atoms with Gasteiger partial charge in [0.2, 0.25) is 6.67 Å². The molecular formula is C16H17N3. The van der Waals surface area contributed by atoms with Crippen molar-refractivity contribution in [3.63, 3.8) is 0 Å². The van der Waals surface area contributed by atoms with Gasteiger partial charge in [-0.3, -0.25) is 4.90 Å². The number of rotatable bonds is 2. The maximum Gasteiger partial charge on any atom is 0.215 e. The number of nitrogens with zero attached hydrogens (tertiary/aromatic N) is 3. The van der Waals surface area contributed by atoms with E-state index < -0.39 is 0 Å². The van der Waals surface area contributed by atoms with E-state index in [-0.39, 0.29) is 0 Å². The number of para-hydroxylation sites is 2. The molecule has 1 aliphatic heterocycles. The molecule has 19 heavy (non-hydrogen) atoms. The van der Waals surface area contributed by atoms with Gasteiger partial charge in [0, 0.05) is 12.2 Å². The average Bonchev–Trinajstić information content (AvgIpc) is 2.79. The van der Waals surface area contributed by atoms with Crippen molar-refractivity contribution in [2.45, 2.75) is 26.8 Å². The normalized spacial score (nSPS) is 14.1. The van der Waals surface area contributed by atoms with Crippen LogP contribution in [-0.4, -0.2) is 11.0 Å². The lowest BCUT2D eigenvalue weighted by Gasteiger charge is -2.22. The lowest BCUT2D eigenvalue weighted by Crippen LogP contribution is -2.28. The summed E-state index contributed by atoms with van der Waals surface area (Å²) in [5.41, 5.74) is 3.48. The number of pyridine rings is 1. The molecule has 0 unspecified atom stereocenters. The molecule has 1 aliphatic rings. The third-order valence-electron chi connectivity index (χ3n) is 3.23. The van der Waals surface area contributed by atoms with Crippen LogP contribution in [0.3, 0.4) is 0 Å². The lowest BCUT2D eigenvalue weighted by molar-refractivity contribution is 0.756. The molecule has 0 atom stereocenters. The van der Waals surface area contributed by atoms with Gasteiger partial charge in [0.25, 0.3) is 0 Å². The fourth-order valence-corrected chi connectivity index (χ4v) is 2.23. The van der Waals surface area contributed by atoms with E-state index in [1.165, 1.54) is 5.69 Å². The van der Waals surface area contributed by atoms with Gasteiger partial charge in [0.05, 0.1) is 11.4 Å². The Morgan fingerprint density at radius 3 is 2.42 bits per heavy atom. The summed E-state index contributed by atoms with van der Waals surface area (Å²) in [4.78, 5) is 8.66. The molecule has 0 N–H and O–H groups in total. The van der Waals surface area contributed by atoms with Gasteiger partial charge in [-0.25, -0.2) is 4.98 Å². The van der Waals surface area contributed by atoms with Crippen molar-refractivity contribution >= 4 is 17.2 Å². The van der Waals surface area contributed by atoms with Crippen molar-refractivity contribution in [3.05, 3.63) is 54.8 Å². The minimum Gasteiger partial charge on any atom is -0.337 e. The van der Waals surface area contributed by atoms with Crippen molar-refractivity contribution in [1.82, 2.24) is 4.98 Å². The molecule has 3 nitrogen and oxygen atoms in total. The van der Waals surface area contributed by atoms with E-state index in [2.05, 4.69) is 54.7 Å². The zero-order valence-electron chi connectivity index (χ0n) is 11.5. The van der Waals surface area contributed by atoms with E-state index in [4.69, 9.17) is 0 Å². The van der Waals surface area contributed by atoms with Gasteiger partial charge in [-0.2, -0.15) is 0 Å². The smallest absolute Gasteiger partial charge is 0.215 e. The standard InChI is InChI=1S/C16H17N3/c1-12(2)18-11-19(15-7-5-4-6-14(15)18)16-9-8-13(3)10-17-16/h4-10,12H,1-3H3. The lowest BCUT2D eigenvalue weighted by atomic mass is 10.2. The van der Waals surface area contributed by atoms with Gasteiger partial charge >= 0.3 is 0 Å². The van der Waals surface area contributed by atoms with Crippen molar-refractivity contribution in [2.75, 3.05) is 9.80 Å². The molecular weight excluding hydrogens is 234 g/mol. The Bertz CT molecular complexity index is 575. The van der Waals surface area contributed by atoms with Gasteiger partial charge in [0.1, 0.15) is 5.82 Å². The van der Waals surface area contributed by atoms with Crippen LogP contribution < -0.4 is 9.80 Å². The summed E-state index contributed by atoms with van der Waals surface area (Å²) in [6, 6.07) is 12.8. The SMILES string of the molecule is Cc1ccc(N2[C]N(C(C)C)c3ccccc32)nc1. The first-order chi connectivity index (χ1) is 9.16. The second-order valence-electron chi connectivity index (χ2n) is 5.08. The molecule has 0 aliphatic carbocycles. The molecule has 96 valence electrons. The van der Waals surface area contributed by atoms with Crippen LogP contribution in [0.1, 0.15) is 19.4 Å². The Kier molecular flexibility index (Phi) is 2.90. The van der Waals surface area contributed by atoms with Crippen LogP contribution in [0, 0.1) is 13.6 Å². The van der Waals surface area contributed by atoms with Gasteiger partial charge in [0.15, 0.2) is 0 Å². The van der Waals surface area contributed by atoms with Crippen molar-refractivity contribution in [1.29, 1.82) is 0 Å². The van der Waals surface area contributed by atoms with E-state index in [1.54, 1.807) is 0 Å². The molecule has 2 radical (unpaired) electrons. The fourth-order valence-electron chi connectivity index (χ4n) is 2.23. The number of aromatic nitrogens is 1. The molecule has 2 heterocycles. The number of benzene rings is 1. The predicted octanol–water partition coefficient (Wildman–Crippen LogP) is 3.75. The molecule has 0 spiro atoms. The summed E-state index contributed by atoms with van der Waals surface area (Å²) in [6.07, 6.45) is 1.89. The largest absolute Gasteiger partial charge is 0.337 e. The monoisotopic (exact) mass is 251 g/mol. The van der Waals surface area contributed by atoms with Gasteiger partial charge < -0.3 is 4.90 Å². The number of anilines is 3. The summed E-state index contributed by atoms with van der Waals surface area (Å²) >= 11 is 0. The van der Waals surface area contributed by atoms with Crippen molar-refractivity contribution in [3.8, 4) is 0 Å². The van der Waals surface area contributed by atoms with Crippen LogP contribution in [0.5, 0.6) is 0 Å². The molecule has 2 aromatic rings. The topological polar surface area (TPSA) is 19.4 Å². The van der Waals surface area contributed by atoms with Gasteiger partial charge in [-0.1, -0.05) is 18.2 Å². The third kappa shape index (κ3) is 2.05. The summed E-state index contributed by atoms with van der Waals surface area (Å²) in [6.45, 7) is 9.77. The predicted molar refractivity (Wildman–Crippen MR) is 78.4 cm³/mol. The van der Waals surface area contributed by atoms with Gasteiger partial charge in [-0.05, 0) is 44.5 Å². The highest BCUT2D eigenvalue weighted by Gasteiger charge is 2.30. The maximum absolute atomic E-state index is 4.49. The van der Waals surface area contributed by atoms with E-state index in [1.807, 2.05) is 30.2 Å². The second kappa shape index (κ2) is 4.57. The number of hydrogen-bond acceptors (Lipinski definition) is 3. The first-order valence-electron chi connectivity index (χ1n) is 6.54. The average molecular weight is 251 g/mol. The Balaban J connectivity index is 2.03. The molecule has 0 saturated heterocycles. The first kappa shape index (κ1) is 12.0. The zero-order chi connectivity index (χ0) is 13.4. The Morgan fingerprint density at radius 1 is 1.05 bits per heavy atom. The number of hydrogen-bond donors (Lipinski definition) is 0. The number of fused-ring (bicyclic) bond motifs is 1. The summed E-state index contributed by atoms with van der Waals surface area (Å²) in [5.74, 6) is 0.904. The van der Waals surface area contributed by atoms with E-state index in [9.17, 15) is 0 Å². The molecule has 1 aromatic heterocycles. The van der Waals surface area contributed by atoms with Gasteiger partial charge in [-0.15, -0.1) is 0 Å². The molecule has 3 rings (SSSR count). The zero-order valence-corrected chi connectivity index (χ0v) is 11.5. The molecule has 0 fully saturated rings. The van der Waals surface area contributed by atoms with Crippen LogP contribution in [0.4, 0.5) is 17.2 Å². The van der Waals surface area contributed by atoms with Crippen LogP contribution in [0.25, 0.3) is 0 Å². The van der Waals surface area contributed by atoms with Crippen LogP contribution >= 0.6 is 0 Å². The van der Waals surface area contributed by atoms with Crippen molar-refractivity contribution < 1.29 is 0 Å².